The van der Waals surface area contributed by atoms with Crippen molar-refractivity contribution in [2.24, 2.45) is 0 Å². The molecule has 2 aromatic carbocycles. The number of halogens is 2. The first kappa shape index (κ1) is 16.4. The third kappa shape index (κ3) is 3.54. The highest BCUT2D eigenvalue weighted by Crippen LogP contribution is 2.22. The van der Waals surface area contributed by atoms with Crippen LogP contribution in [0.3, 0.4) is 0 Å². The molecule has 1 heterocycles. The number of hydrogen-bond donors (Lipinski definition) is 2. The first-order chi connectivity index (χ1) is 11.5. The van der Waals surface area contributed by atoms with Gasteiger partial charge in [0.1, 0.15) is 0 Å². The van der Waals surface area contributed by atoms with Crippen molar-refractivity contribution in [1.29, 1.82) is 0 Å². The summed E-state index contributed by atoms with van der Waals surface area (Å²) in [5.41, 5.74) is 1.14. The van der Waals surface area contributed by atoms with Crippen LogP contribution >= 0.6 is 0 Å². The predicted octanol–water partition coefficient (Wildman–Crippen LogP) is 3.18. The van der Waals surface area contributed by atoms with E-state index in [0.717, 1.165) is 37.7 Å². The van der Waals surface area contributed by atoms with Crippen LogP contribution in [-0.4, -0.2) is 30.2 Å². The van der Waals surface area contributed by atoms with Gasteiger partial charge in [0.15, 0.2) is 11.6 Å². The molecule has 0 saturated carbocycles. The number of anilines is 2. The molecule has 1 saturated heterocycles. The number of nitrogens with zero attached hydrogens (tertiary/aromatic N) is 1. The molecule has 0 bridgehead atoms. The summed E-state index contributed by atoms with van der Waals surface area (Å²) in [6.07, 6.45) is 1.20. The molecule has 1 amide bonds. The highest BCUT2D eigenvalue weighted by Gasteiger charge is 2.18. The Bertz CT molecular complexity index is 726. The topological polar surface area (TPSA) is 52.6 Å². The normalized spacial score (nSPS) is 15.4. The molecule has 4 nitrogen and oxygen atoms in total. The first-order valence-electron chi connectivity index (χ1n) is 7.83. The van der Waals surface area contributed by atoms with Crippen molar-refractivity contribution < 1.29 is 18.7 Å². The Kier molecular flexibility index (Phi) is 4.76. The molecule has 0 aromatic heterocycles. The second-order valence-electron chi connectivity index (χ2n) is 5.82. The van der Waals surface area contributed by atoms with Gasteiger partial charge in [0.2, 0.25) is 0 Å². The molecular weight excluding hydrogens is 314 g/mol. The maximum absolute atomic E-state index is 13.6. The molecule has 0 aliphatic carbocycles. The van der Waals surface area contributed by atoms with Crippen molar-refractivity contribution >= 4 is 17.3 Å². The smallest absolute Gasteiger partial charge is 0.255 e. The van der Waals surface area contributed by atoms with E-state index in [-0.39, 0.29) is 11.8 Å². The van der Waals surface area contributed by atoms with Gasteiger partial charge in [-0.2, -0.15) is 0 Å². The molecule has 1 fully saturated rings. The minimum absolute atomic E-state index is 0.186. The third-order valence-corrected chi connectivity index (χ3v) is 4.16. The number of hydrogen-bond acceptors (Lipinski definition) is 3. The van der Waals surface area contributed by atoms with Gasteiger partial charge < -0.3 is 15.3 Å². The summed E-state index contributed by atoms with van der Waals surface area (Å²) >= 11 is 0. The van der Waals surface area contributed by atoms with Crippen molar-refractivity contribution in [2.75, 3.05) is 23.3 Å². The fourth-order valence-electron chi connectivity index (χ4n) is 2.74. The Morgan fingerprint density at radius 1 is 1.08 bits per heavy atom. The summed E-state index contributed by atoms with van der Waals surface area (Å²) in [5.74, 6) is -2.58. The van der Waals surface area contributed by atoms with Crippen LogP contribution in [0.25, 0.3) is 0 Å². The second kappa shape index (κ2) is 6.97. The lowest BCUT2D eigenvalue weighted by Gasteiger charge is -2.31. The summed E-state index contributed by atoms with van der Waals surface area (Å²) < 4.78 is 26.8. The zero-order valence-corrected chi connectivity index (χ0v) is 13.0. The Hall–Kier alpha value is -2.47. The van der Waals surface area contributed by atoms with Crippen LogP contribution in [0.1, 0.15) is 23.2 Å². The summed E-state index contributed by atoms with van der Waals surface area (Å²) in [7, 11) is 0. The van der Waals surface area contributed by atoms with E-state index in [1.54, 1.807) is 12.1 Å². The minimum Gasteiger partial charge on any atom is -0.393 e. The molecule has 3 rings (SSSR count). The lowest BCUT2D eigenvalue weighted by molar-refractivity contribution is 0.102. The van der Waals surface area contributed by atoms with Gasteiger partial charge in [-0.1, -0.05) is 6.07 Å². The van der Waals surface area contributed by atoms with Gasteiger partial charge in [-0.3, -0.25) is 4.79 Å². The zero-order chi connectivity index (χ0) is 17.1. The largest absolute Gasteiger partial charge is 0.393 e. The Morgan fingerprint density at radius 2 is 1.75 bits per heavy atom. The van der Waals surface area contributed by atoms with Crippen molar-refractivity contribution in [2.45, 2.75) is 18.9 Å². The molecule has 126 valence electrons. The predicted molar refractivity (Wildman–Crippen MR) is 88.2 cm³/mol. The summed E-state index contributed by atoms with van der Waals surface area (Å²) in [6.45, 7) is 1.53. The van der Waals surface area contributed by atoms with E-state index in [9.17, 15) is 18.7 Å². The third-order valence-electron chi connectivity index (χ3n) is 4.16. The number of rotatable bonds is 3. The van der Waals surface area contributed by atoms with Crippen LogP contribution in [-0.2, 0) is 0 Å². The standard InChI is InChI=1S/C18H18F2N2O2/c19-15-2-1-3-16(17(15)20)21-18(24)12-4-6-13(7-5-12)22-10-8-14(23)9-11-22/h1-7,14,23H,8-11H2,(H,21,24). The Labute approximate surface area is 138 Å². The first-order valence-corrected chi connectivity index (χ1v) is 7.83. The second-order valence-corrected chi connectivity index (χ2v) is 5.82. The van der Waals surface area contributed by atoms with Crippen LogP contribution in [0, 0.1) is 11.6 Å². The van der Waals surface area contributed by atoms with E-state index in [1.165, 1.54) is 12.1 Å². The lowest BCUT2D eigenvalue weighted by atomic mass is 10.1. The number of nitrogens with one attached hydrogen (secondary N) is 1. The molecule has 2 aromatic rings. The zero-order valence-electron chi connectivity index (χ0n) is 13.0. The van der Waals surface area contributed by atoms with E-state index >= 15 is 0 Å². The number of amides is 1. The number of aliphatic hydroxyl groups is 1. The van der Waals surface area contributed by atoms with Crippen molar-refractivity contribution in [3.8, 4) is 0 Å². The molecule has 2 N–H and O–H groups in total. The molecule has 0 unspecified atom stereocenters. The summed E-state index contributed by atoms with van der Waals surface area (Å²) in [6, 6.07) is 10.6. The number of benzene rings is 2. The summed E-state index contributed by atoms with van der Waals surface area (Å²) in [5, 5.41) is 11.9. The summed E-state index contributed by atoms with van der Waals surface area (Å²) in [4.78, 5) is 14.3. The number of piperidine rings is 1. The monoisotopic (exact) mass is 332 g/mol. The molecule has 1 aliphatic rings. The maximum atomic E-state index is 13.6. The van der Waals surface area contributed by atoms with Gasteiger partial charge in [0.25, 0.3) is 5.91 Å². The average molecular weight is 332 g/mol. The highest BCUT2D eigenvalue weighted by atomic mass is 19.2. The molecule has 24 heavy (non-hydrogen) atoms. The minimum atomic E-state index is -1.07. The van der Waals surface area contributed by atoms with Gasteiger partial charge >= 0.3 is 0 Å². The maximum Gasteiger partial charge on any atom is 0.255 e. The van der Waals surface area contributed by atoms with Crippen LogP contribution in [0.2, 0.25) is 0 Å². The van der Waals surface area contributed by atoms with Crippen molar-refractivity contribution in [3.05, 3.63) is 59.7 Å². The van der Waals surface area contributed by atoms with E-state index in [4.69, 9.17) is 0 Å². The number of aliphatic hydroxyl groups excluding tert-OH is 1. The van der Waals surface area contributed by atoms with Crippen LogP contribution < -0.4 is 10.2 Å². The van der Waals surface area contributed by atoms with Crippen molar-refractivity contribution in [1.82, 2.24) is 0 Å². The SMILES string of the molecule is O=C(Nc1cccc(F)c1F)c1ccc(N2CCC(O)CC2)cc1. The van der Waals surface area contributed by atoms with Crippen LogP contribution in [0.5, 0.6) is 0 Å². The van der Waals surface area contributed by atoms with Crippen LogP contribution in [0.4, 0.5) is 20.2 Å². The van der Waals surface area contributed by atoms with Gasteiger partial charge in [-0.25, -0.2) is 8.78 Å². The molecule has 1 aliphatic heterocycles. The molecule has 6 heteroatoms. The highest BCUT2D eigenvalue weighted by molar-refractivity contribution is 6.04. The van der Waals surface area contributed by atoms with Crippen molar-refractivity contribution in [3.63, 3.8) is 0 Å². The number of carbonyl (C=O) groups excluding carboxylic acids is 1. The van der Waals surface area contributed by atoms with E-state index in [2.05, 4.69) is 10.2 Å². The average Bonchev–Trinajstić information content (AvgIpc) is 2.60. The number of carbonyl (C=O) groups is 1. The van der Waals surface area contributed by atoms with Gasteiger partial charge in [-0.15, -0.1) is 0 Å². The Balaban J connectivity index is 1.69. The van der Waals surface area contributed by atoms with Crippen LogP contribution in [0.15, 0.2) is 42.5 Å². The quantitative estimate of drug-likeness (QED) is 0.908. The van der Waals surface area contributed by atoms with Gasteiger partial charge in [0, 0.05) is 24.3 Å². The molecule has 0 spiro atoms. The van der Waals surface area contributed by atoms with E-state index < -0.39 is 17.5 Å². The molecular formula is C18H18F2N2O2. The van der Waals surface area contributed by atoms with E-state index in [1.807, 2.05) is 12.1 Å². The fourth-order valence-corrected chi connectivity index (χ4v) is 2.74. The molecule has 0 atom stereocenters. The fraction of sp³-hybridized carbons (Fsp3) is 0.278. The van der Waals surface area contributed by atoms with Gasteiger partial charge in [-0.05, 0) is 49.2 Å². The molecule has 0 radical (unpaired) electrons. The van der Waals surface area contributed by atoms with Gasteiger partial charge in [0.05, 0.1) is 11.8 Å². The lowest BCUT2D eigenvalue weighted by Crippen LogP contribution is -2.35. The Morgan fingerprint density at radius 3 is 2.42 bits per heavy atom. The van der Waals surface area contributed by atoms with E-state index in [0.29, 0.717) is 5.56 Å².